The number of nitrogens with two attached hydrogens (primary N) is 1. The van der Waals surface area contributed by atoms with Crippen molar-refractivity contribution in [2.24, 2.45) is 0 Å². The largest absolute Gasteiger partial charge is 0.393 e. The summed E-state index contributed by atoms with van der Waals surface area (Å²) >= 11 is 0. The summed E-state index contributed by atoms with van der Waals surface area (Å²) in [6.45, 7) is 4.11. The van der Waals surface area contributed by atoms with Crippen molar-refractivity contribution in [2.45, 2.75) is 25.3 Å². The third-order valence-electron chi connectivity index (χ3n) is 3.38. The van der Waals surface area contributed by atoms with E-state index in [0.29, 0.717) is 0 Å². The fraction of sp³-hybridized carbons (Fsp3) is 0.500. The molecule has 1 fully saturated rings. The Morgan fingerprint density at radius 2 is 2.11 bits per heavy atom. The maximum absolute atomic E-state index is 10.7. The minimum Gasteiger partial charge on any atom is -0.393 e. The summed E-state index contributed by atoms with van der Waals surface area (Å²) in [5.74, 6) is 0. The van der Waals surface area contributed by atoms with Crippen LogP contribution in [0.4, 0.5) is 17.1 Å². The average molecular weight is 250 g/mol. The summed E-state index contributed by atoms with van der Waals surface area (Å²) in [7, 11) is 0. The van der Waals surface area contributed by atoms with Crippen LogP contribution in [0.15, 0.2) is 18.2 Å². The van der Waals surface area contributed by atoms with Crippen molar-refractivity contribution in [3.8, 4) is 0 Å². The van der Waals surface area contributed by atoms with Crippen molar-refractivity contribution in [3.05, 3.63) is 28.3 Å². The number of rotatable bonds is 3. The Labute approximate surface area is 106 Å². The Kier molecular flexibility index (Phi) is 3.38. The van der Waals surface area contributed by atoms with Crippen LogP contribution in [-0.2, 0) is 0 Å². The van der Waals surface area contributed by atoms with E-state index in [9.17, 15) is 10.1 Å². The molecule has 0 radical (unpaired) electrons. The Hall–Kier alpha value is -1.82. The molecule has 0 aliphatic carbocycles. The summed E-state index contributed by atoms with van der Waals surface area (Å²) in [6, 6.07) is 4.79. The zero-order chi connectivity index (χ0) is 13.2. The van der Waals surface area contributed by atoms with Gasteiger partial charge in [-0.05, 0) is 45.0 Å². The Morgan fingerprint density at radius 1 is 1.44 bits per heavy atom. The van der Waals surface area contributed by atoms with Crippen molar-refractivity contribution in [1.29, 1.82) is 0 Å². The predicted octanol–water partition coefficient (Wildman–Crippen LogP) is 1.73. The lowest BCUT2D eigenvalue weighted by molar-refractivity contribution is -0.383. The van der Waals surface area contributed by atoms with Crippen LogP contribution in [0.5, 0.6) is 0 Å². The van der Waals surface area contributed by atoms with Crippen molar-refractivity contribution in [2.75, 3.05) is 24.1 Å². The van der Waals surface area contributed by atoms with E-state index >= 15 is 0 Å². The number of hydrogen-bond donors (Lipinski definition) is 3. The molecule has 0 unspecified atom stereocenters. The number of piperidine rings is 1. The molecule has 0 spiro atoms. The molecule has 1 aliphatic heterocycles. The number of nitrogen functional groups attached to an aromatic ring is 1. The van der Waals surface area contributed by atoms with Crippen LogP contribution < -0.4 is 16.4 Å². The fourth-order valence-corrected chi connectivity index (χ4v) is 2.25. The number of benzene rings is 1. The van der Waals surface area contributed by atoms with Gasteiger partial charge in [0.05, 0.1) is 4.92 Å². The lowest BCUT2D eigenvalue weighted by atomic mass is 9.90. The molecule has 98 valence electrons. The first-order valence-electron chi connectivity index (χ1n) is 6.03. The van der Waals surface area contributed by atoms with E-state index in [1.165, 1.54) is 6.07 Å². The van der Waals surface area contributed by atoms with Crippen LogP contribution >= 0.6 is 0 Å². The summed E-state index contributed by atoms with van der Waals surface area (Å²) in [5.41, 5.74) is 6.69. The van der Waals surface area contributed by atoms with E-state index in [1.54, 1.807) is 12.1 Å². The smallest absolute Gasteiger partial charge is 0.292 e. The van der Waals surface area contributed by atoms with Crippen LogP contribution in [0, 0.1) is 10.1 Å². The van der Waals surface area contributed by atoms with Crippen LogP contribution in [0.2, 0.25) is 0 Å². The van der Waals surface area contributed by atoms with Crippen molar-refractivity contribution in [3.63, 3.8) is 0 Å². The van der Waals surface area contributed by atoms with Gasteiger partial charge in [0.2, 0.25) is 0 Å². The van der Waals surface area contributed by atoms with Gasteiger partial charge in [0.25, 0.3) is 5.69 Å². The van der Waals surface area contributed by atoms with Crippen molar-refractivity contribution < 1.29 is 4.92 Å². The van der Waals surface area contributed by atoms with Gasteiger partial charge in [0, 0.05) is 17.3 Å². The molecule has 2 rings (SSSR count). The molecule has 18 heavy (non-hydrogen) atoms. The number of nitro benzene ring substituents is 1. The monoisotopic (exact) mass is 250 g/mol. The molecule has 6 heteroatoms. The lowest BCUT2D eigenvalue weighted by Crippen LogP contribution is -2.45. The normalized spacial score (nSPS) is 18.3. The summed E-state index contributed by atoms with van der Waals surface area (Å²) < 4.78 is 0. The molecule has 0 aromatic heterocycles. The lowest BCUT2D eigenvalue weighted by Gasteiger charge is -2.36. The first kappa shape index (κ1) is 12.6. The molecule has 1 heterocycles. The third-order valence-corrected chi connectivity index (χ3v) is 3.38. The second-order valence-electron chi connectivity index (χ2n) is 4.97. The number of hydrogen-bond acceptors (Lipinski definition) is 5. The minimum atomic E-state index is -0.467. The number of nitrogens with zero attached hydrogens (tertiary/aromatic N) is 1. The standard InChI is InChI=1S/C12H18N4O2/c1-12(4-6-14-7-5-12)15-9-2-3-11(16(17)18)10(13)8-9/h2-3,8,14-15H,4-7,13H2,1H3. The van der Waals surface area contributed by atoms with Gasteiger partial charge in [-0.15, -0.1) is 0 Å². The van der Waals surface area contributed by atoms with Gasteiger partial charge in [-0.3, -0.25) is 10.1 Å². The number of nitro groups is 1. The summed E-state index contributed by atoms with van der Waals surface area (Å²) in [6.07, 6.45) is 2.04. The van der Waals surface area contributed by atoms with Gasteiger partial charge in [0.1, 0.15) is 5.69 Å². The van der Waals surface area contributed by atoms with Gasteiger partial charge in [-0.2, -0.15) is 0 Å². The van der Waals surface area contributed by atoms with Crippen LogP contribution in [0.1, 0.15) is 19.8 Å². The van der Waals surface area contributed by atoms with Gasteiger partial charge < -0.3 is 16.4 Å². The highest BCUT2D eigenvalue weighted by molar-refractivity contribution is 5.66. The predicted molar refractivity (Wildman–Crippen MR) is 71.6 cm³/mol. The van der Waals surface area contributed by atoms with E-state index in [1.807, 2.05) is 0 Å². The van der Waals surface area contributed by atoms with E-state index in [4.69, 9.17) is 5.73 Å². The molecule has 1 saturated heterocycles. The van der Waals surface area contributed by atoms with Crippen molar-refractivity contribution >= 4 is 17.1 Å². The van der Waals surface area contributed by atoms with E-state index < -0.39 is 4.92 Å². The molecule has 1 aromatic rings. The Bertz CT molecular complexity index is 455. The minimum absolute atomic E-state index is 0.0216. The van der Waals surface area contributed by atoms with Crippen molar-refractivity contribution in [1.82, 2.24) is 5.32 Å². The molecule has 0 saturated carbocycles. The highest BCUT2D eigenvalue weighted by atomic mass is 16.6. The molecule has 0 bridgehead atoms. The topological polar surface area (TPSA) is 93.2 Å². The Balaban J connectivity index is 2.14. The maximum Gasteiger partial charge on any atom is 0.292 e. The molecule has 6 nitrogen and oxygen atoms in total. The van der Waals surface area contributed by atoms with Crippen LogP contribution in [0.3, 0.4) is 0 Å². The molecular formula is C12H18N4O2. The number of nitrogens with one attached hydrogen (secondary N) is 2. The maximum atomic E-state index is 10.7. The fourth-order valence-electron chi connectivity index (χ4n) is 2.25. The van der Waals surface area contributed by atoms with Gasteiger partial charge in [0.15, 0.2) is 0 Å². The highest BCUT2D eigenvalue weighted by Crippen LogP contribution is 2.28. The first-order valence-corrected chi connectivity index (χ1v) is 6.03. The van der Waals surface area contributed by atoms with Gasteiger partial charge in [-0.1, -0.05) is 0 Å². The van der Waals surface area contributed by atoms with E-state index in [2.05, 4.69) is 17.6 Å². The molecule has 4 N–H and O–H groups in total. The van der Waals surface area contributed by atoms with Gasteiger partial charge >= 0.3 is 0 Å². The second-order valence-corrected chi connectivity index (χ2v) is 4.97. The summed E-state index contributed by atoms with van der Waals surface area (Å²) in [4.78, 5) is 10.2. The quantitative estimate of drug-likeness (QED) is 0.431. The molecule has 0 amide bonds. The van der Waals surface area contributed by atoms with Crippen LogP contribution in [-0.4, -0.2) is 23.6 Å². The number of anilines is 2. The Morgan fingerprint density at radius 3 is 2.67 bits per heavy atom. The first-order chi connectivity index (χ1) is 8.50. The third kappa shape index (κ3) is 2.70. The average Bonchev–Trinajstić information content (AvgIpc) is 2.28. The van der Waals surface area contributed by atoms with E-state index in [0.717, 1.165) is 31.6 Å². The SMILES string of the molecule is CC1(Nc2ccc([N+](=O)[O-])c(N)c2)CCNCC1. The molecule has 1 aliphatic rings. The van der Waals surface area contributed by atoms with Crippen LogP contribution in [0.25, 0.3) is 0 Å². The highest BCUT2D eigenvalue weighted by Gasteiger charge is 2.26. The molecule has 1 aromatic carbocycles. The molecular weight excluding hydrogens is 232 g/mol. The molecule has 0 atom stereocenters. The summed E-state index contributed by atoms with van der Waals surface area (Å²) in [5, 5.41) is 17.4. The van der Waals surface area contributed by atoms with Gasteiger partial charge in [-0.25, -0.2) is 0 Å². The zero-order valence-corrected chi connectivity index (χ0v) is 10.4. The zero-order valence-electron chi connectivity index (χ0n) is 10.4. The second kappa shape index (κ2) is 4.81. The van der Waals surface area contributed by atoms with E-state index in [-0.39, 0.29) is 16.9 Å².